The van der Waals surface area contributed by atoms with Gasteiger partial charge in [-0.05, 0) is 67.8 Å². The van der Waals surface area contributed by atoms with E-state index in [4.69, 9.17) is 11.6 Å². The summed E-state index contributed by atoms with van der Waals surface area (Å²) in [4.78, 5) is 12.5. The third-order valence-corrected chi connectivity index (χ3v) is 7.02. The number of nitrogens with one attached hydrogen (secondary N) is 2. The van der Waals surface area contributed by atoms with E-state index in [0.717, 1.165) is 18.4 Å². The summed E-state index contributed by atoms with van der Waals surface area (Å²) in [5.41, 5.74) is 2.56. The van der Waals surface area contributed by atoms with Gasteiger partial charge in [0, 0.05) is 24.2 Å². The molecule has 33 heavy (non-hydrogen) atoms. The molecule has 0 unspecified atom stereocenters. The lowest BCUT2D eigenvalue weighted by atomic mass is 10.2. The molecular formula is C23H22ClFN4O3S. The van der Waals surface area contributed by atoms with Gasteiger partial charge in [0.05, 0.1) is 16.3 Å². The van der Waals surface area contributed by atoms with Gasteiger partial charge in [0.15, 0.2) is 0 Å². The minimum atomic E-state index is -3.50. The van der Waals surface area contributed by atoms with Gasteiger partial charge in [0.25, 0.3) is 0 Å². The smallest absolute Gasteiger partial charge is 0.244 e. The lowest BCUT2D eigenvalue weighted by Gasteiger charge is -2.07. The number of amides is 1. The topological polar surface area (TPSA) is 93.1 Å². The SMILES string of the molecule is Cc1nn(-c2ccc(F)cc2)c(Cl)c1/C=C/C(=O)NCc1ccc(S(=O)(=O)NC2CC2)cc1. The fourth-order valence-corrected chi connectivity index (χ4v) is 4.78. The van der Waals surface area contributed by atoms with E-state index in [9.17, 15) is 17.6 Å². The Morgan fingerprint density at radius 2 is 1.85 bits per heavy atom. The third-order valence-electron chi connectivity index (χ3n) is 5.12. The van der Waals surface area contributed by atoms with E-state index in [2.05, 4.69) is 15.1 Å². The molecule has 0 saturated heterocycles. The van der Waals surface area contributed by atoms with Crippen molar-refractivity contribution >= 4 is 33.6 Å². The second-order valence-electron chi connectivity index (χ2n) is 7.77. The van der Waals surface area contributed by atoms with Crippen molar-refractivity contribution < 1.29 is 17.6 Å². The Morgan fingerprint density at radius 1 is 1.18 bits per heavy atom. The van der Waals surface area contributed by atoms with Crippen LogP contribution in [0.4, 0.5) is 4.39 Å². The number of halogens is 2. The third kappa shape index (κ3) is 5.68. The molecule has 1 fully saturated rings. The Labute approximate surface area is 196 Å². The fourth-order valence-electron chi connectivity index (χ4n) is 3.14. The molecule has 0 bridgehead atoms. The molecule has 0 atom stereocenters. The van der Waals surface area contributed by atoms with Crippen LogP contribution in [0.3, 0.4) is 0 Å². The number of rotatable bonds is 8. The van der Waals surface area contributed by atoms with Gasteiger partial charge in [-0.15, -0.1) is 0 Å². The number of benzene rings is 2. The Balaban J connectivity index is 1.37. The van der Waals surface area contributed by atoms with Crippen molar-refractivity contribution in [1.29, 1.82) is 0 Å². The van der Waals surface area contributed by atoms with Gasteiger partial charge >= 0.3 is 0 Å². The molecular weight excluding hydrogens is 467 g/mol. The van der Waals surface area contributed by atoms with Crippen molar-refractivity contribution in [3.63, 3.8) is 0 Å². The van der Waals surface area contributed by atoms with Gasteiger partial charge in [0.1, 0.15) is 11.0 Å². The van der Waals surface area contributed by atoms with Crippen LogP contribution < -0.4 is 10.0 Å². The molecule has 2 N–H and O–H groups in total. The lowest BCUT2D eigenvalue weighted by Crippen LogP contribution is -2.25. The predicted octanol–water partition coefficient (Wildman–Crippen LogP) is 3.74. The van der Waals surface area contributed by atoms with E-state index >= 15 is 0 Å². The first-order chi connectivity index (χ1) is 15.7. The maximum absolute atomic E-state index is 13.2. The molecule has 1 aliphatic rings. The van der Waals surface area contributed by atoms with Crippen LogP contribution in [0.25, 0.3) is 11.8 Å². The second-order valence-corrected chi connectivity index (χ2v) is 9.84. The molecule has 3 aromatic rings. The summed E-state index contributed by atoms with van der Waals surface area (Å²) in [5, 5.41) is 7.41. The van der Waals surface area contributed by atoms with Crippen LogP contribution in [0.5, 0.6) is 0 Å². The molecule has 10 heteroatoms. The largest absolute Gasteiger partial charge is 0.348 e. The van der Waals surface area contributed by atoms with Crippen LogP contribution in [0.2, 0.25) is 5.15 Å². The first kappa shape index (κ1) is 23.2. The van der Waals surface area contributed by atoms with E-state index < -0.39 is 10.0 Å². The molecule has 0 spiro atoms. The number of hydrogen-bond donors (Lipinski definition) is 2. The maximum atomic E-state index is 13.2. The number of carbonyl (C=O) groups excluding carboxylic acids is 1. The fraction of sp³-hybridized carbons (Fsp3) is 0.217. The molecule has 172 valence electrons. The van der Waals surface area contributed by atoms with E-state index in [0.29, 0.717) is 22.1 Å². The van der Waals surface area contributed by atoms with Gasteiger partial charge in [-0.3, -0.25) is 4.79 Å². The maximum Gasteiger partial charge on any atom is 0.244 e. The molecule has 1 saturated carbocycles. The van der Waals surface area contributed by atoms with Crippen LogP contribution in [0, 0.1) is 12.7 Å². The molecule has 7 nitrogen and oxygen atoms in total. The average Bonchev–Trinajstić information content (AvgIpc) is 3.55. The Morgan fingerprint density at radius 3 is 2.48 bits per heavy atom. The highest BCUT2D eigenvalue weighted by Crippen LogP contribution is 2.25. The van der Waals surface area contributed by atoms with Crippen molar-refractivity contribution in [2.75, 3.05) is 0 Å². The average molecular weight is 489 g/mol. The molecule has 1 heterocycles. The first-order valence-electron chi connectivity index (χ1n) is 10.3. The highest BCUT2D eigenvalue weighted by molar-refractivity contribution is 7.89. The highest BCUT2D eigenvalue weighted by atomic mass is 35.5. The van der Waals surface area contributed by atoms with Crippen LogP contribution in [-0.2, 0) is 21.4 Å². The number of sulfonamides is 1. The monoisotopic (exact) mass is 488 g/mol. The molecule has 0 radical (unpaired) electrons. The normalized spacial score (nSPS) is 14.0. The first-order valence-corrected chi connectivity index (χ1v) is 12.2. The molecule has 1 aliphatic carbocycles. The molecule has 0 aliphatic heterocycles. The summed E-state index contributed by atoms with van der Waals surface area (Å²) >= 11 is 6.42. The van der Waals surface area contributed by atoms with Gasteiger partial charge in [-0.2, -0.15) is 5.10 Å². The number of aromatic nitrogens is 2. The zero-order chi connectivity index (χ0) is 23.6. The van der Waals surface area contributed by atoms with E-state index in [-0.39, 0.29) is 29.2 Å². The summed E-state index contributed by atoms with van der Waals surface area (Å²) in [6.07, 6.45) is 4.66. The Hall–Kier alpha value is -3.01. The van der Waals surface area contributed by atoms with Crippen molar-refractivity contribution in [2.45, 2.75) is 37.2 Å². The quantitative estimate of drug-likeness (QED) is 0.472. The van der Waals surface area contributed by atoms with E-state index in [1.165, 1.54) is 35.0 Å². The van der Waals surface area contributed by atoms with E-state index in [1.807, 2.05) is 0 Å². The second kappa shape index (κ2) is 9.46. The van der Waals surface area contributed by atoms with Crippen LogP contribution in [-0.4, -0.2) is 30.1 Å². The number of nitrogens with zero attached hydrogens (tertiary/aromatic N) is 2. The van der Waals surface area contributed by atoms with Crippen LogP contribution >= 0.6 is 11.6 Å². The minimum Gasteiger partial charge on any atom is -0.348 e. The summed E-state index contributed by atoms with van der Waals surface area (Å²) in [6.45, 7) is 2.00. The zero-order valence-corrected chi connectivity index (χ0v) is 19.3. The van der Waals surface area contributed by atoms with Crippen molar-refractivity contribution in [1.82, 2.24) is 19.8 Å². The summed E-state index contributed by atoms with van der Waals surface area (Å²) < 4.78 is 41.7. The van der Waals surface area contributed by atoms with Gasteiger partial charge in [0.2, 0.25) is 15.9 Å². The van der Waals surface area contributed by atoms with Gasteiger partial charge in [-0.1, -0.05) is 23.7 Å². The highest BCUT2D eigenvalue weighted by Gasteiger charge is 2.27. The van der Waals surface area contributed by atoms with Crippen molar-refractivity contribution in [3.05, 3.63) is 82.4 Å². The van der Waals surface area contributed by atoms with Gasteiger partial charge in [-0.25, -0.2) is 22.2 Å². The standard InChI is InChI=1S/C23H22ClFN4O3S/c1-15-21(23(24)29(27-15)19-8-4-17(25)5-9-19)12-13-22(30)26-14-16-2-10-20(11-3-16)33(31,32)28-18-6-7-18/h2-5,8-13,18,28H,6-7,14H2,1H3,(H,26,30)/b13-12+. The summed E-state index contributed by atoms with van der Waals surface area (Å²) in [7, 11) is -3.50. The number of hydrogen-bond acceptors (Lipinski definition) is 4. The minimum absolute atomic E-state index is 0.0423. The molecule has 4 rings (SSSR count). The van der Waals surface area contributed by atoms with Crippen LogP contribution in [0.15, 0.2) is 59.5 Å². The molecule has 1 aromatic heterocycles. The summed E-state index contributed by atoms with van der Waals surface area (Å²) in [6, 6.07) is 12.2. The predicted molar refractivity (Wildman–Crippen MR) is 124 cm³/mol. The lowest BCUT2D eigenvalue weighted by molar-refractivity contribution is -0.116. The van der Waals surface area contributed by atoms with E-state index in [1.54, 1.807) is 37.3 Å². The number of aryl methyl sites for hydroxylation is 1. The Kier molecular flexibility index (Phi) is 6.64. The summed E-state index contributed by atoms with van der Waals surface area (Å²) in [5.74, 6) is -0.700. The van der Waals surface area contributed by atoms with Crippen molar-refractivity contribution in [2.24, 2.45) is 0 Å². The van der Waals surface area contributed by atoms with Gasteiger partial charge < -0.3 is 5.32 Å². The van der Waals surface area contributed by atoms with Crippen molar-refractivity contribution in [3.8, 4) is 5.69 Å². The Bertz CT molecular complexity index is 1300. The molecule has 1 amide bonds. The van der Waals surface area contributed by atoms with Crippen LogP contribution in [0.1, 0.15) is 29.7 Å². The molecule has 2 aromatic carbocycles. The zero-order valence-electron chi connectivity index (χ0n) is 17.8. The number of carbonyl (C=O) groups is 1.